The lowest BCUT2D eigenvalue weighted by Gasteiger charge is -2.15. The van der Waals surface area contributed by atoms with Crippen LogP contribution in [0.15, 0.2) is 42.5 Å². The predicted molar refractivity (Wildman–Crippen MR) is 81.3 cm³/mol. The molecule has 0 radical (unpaired) electrons. The van der Waals surface area contributed by atoms with Gasteiger partial charge >= 0.3 is 0 Å². The lowest BCUT2D eigenvalue weighted by molar-refractivity contribution is 0.281. The van der Waals surface area contributed by atoms with E-state index in [9.17, 15) is 0 Å². The Morgan fingerprint density at radius 3 is 2.60 bits per heavy atom. The van der Waals surface area contributed by atoms with E-state index in [0.717, 1.165) is 29.0 Å². The van der Waals surface area contributed by atoms with Gasteiger partial charge in [-0.2, -0.15) is 0 Å². The third-order valence-electron chi connectivity index (χ3n) is 3.16. The summed E-state index contributed by atoms with van der Waals surface area (Å²) in [7, 11) is 1.65. The van der Waals surface area contributed by atoms with Crippen LogP contribution in [-0.2, 0) is 13.0 Å². The van der Waals surface area contributed by atoms with Crippen molar-refractivity contribution >= 4 is 0 Å². The molecule has 106 valence electrons. The zero-order valence-corrected chi connectivity index (χ0v) is 12.1. The average Bonchev–Trinajstić information content (AvgIpc) is 2.46. The summed E-state index contributed by atoms with van der Waals surface area (Å²) in [6.45, 7) is 3.19. The maximum atomic E-state index is 5.97. The molecule has 3 heteroatoms. The smallest absolute Gasteiger partial charge is 0.164 e. The number of para-hydroxylation sites is 1. The van der Waals surface area contributed by atoms with Crippen LogP contribution < -0.4 is 15.2 Å². The minimum absolute atomic E-state index is 0.527. The molecule has 2 N–H and O–H groups in total. The molecule has 0 aliphatic carbocycles. The fourth-order valence-corrected chi connectivity index (χ4v) is 2.20. The lowest BCUT2D eigenvalue weighted by atomic mass is 10.1. The van der Waals surface area contributed by atoms with Crippen molar-refractivity contribution in [1.29, 1.82) is 0 Å². The molecule has 20 heavy (non-hydrogen) atoms. The molecule has 2 rings (SSSR count). The maximum Gasteiger partial charge on any atom is 0.164 e. The van der Waals surface area contributed by atoms with Gasteiger partial charge in [-0.3, -0.25) is 0 Å². The first kappa shape index (κ1) is 14.4. The van der Waals surface area contributed by atoms with Crippen molar-refractivity contribution in [3.63, 3.8) is 0 Å². The first-order chi connectivity index (χ1) is 9.74. The number of hydrogen-bond donors (Lipinski definition) is 1. The maximum absolute atomic E-state index is 5.97. The van der Waals surface area contributed by atoms with Gasteiger partial charge in [-0.1, -0.05) is 42.0 Å². The fourth-order valence-electron chi connectivity index (χ4n) is 2.20. The van der Waals surface area contributed by atoms with Gasteiger partial charge in [0, 0.05) is 0 Å². The number of aryl methyl sites for hydroxylation is 1. The minimum Gasteiger partial charge on any atom is -0.493 e. The van der Waals surface area contributed by atoms with E-state index in [1.54, 1.807) is 7.11 Å². The first-order valence-corrected chi connectivity index (χ1v) is 6.79. The van der Waals surface area contributed by atoms with Gasteiger partial charge in [0.15, 0.2) is 11.5 Å². The number of hydrogen-bond acceptors (Lipinski definition) is 3. The van der Waals surface area contributed by atoms with Gasteiger partial charge in [0.25, 0.3) is 0 Å². The average molecular weight is 271 g/mol. The Kier molecular flexibility index (Phi) is 5.02. The van der Waals surface area contributed by atoms with Crippen LogP contribution in [0.3, 0.4) is 0 Å². The van der Waals surface area contributed by atoms with Gasteiger partial charge < -0.3 is 15.2 Å². The van der Waals surface area contributed by atoms with Crippen molar-refractivity contribution < 1.29 is 9.47 Å². The molecule has 0 aromatic heterocycles. The fraction of sp³-hybridized carbons (Fsp3) is 0.294. The monoisotopic (exact) mass is 271 g/mol. The summed E-state index contributed by atoms with van der Waals surface area (Å²) in [5.41, 5.74) is 9.11. The molecule has 0 amide bonds. The highest BCUT2D eigenvalue weighted by Crippen LogP contribution is 2.32. The Morgan fingerprint density at radius 2 is 1.90 bits per heavy atom. The van der Waals surface area contributed by atoms with E-state index < -0.39 is 0 Å². The van der Waals surface area contributed by atoms with Crippen molar-refractivity contribution in [3.05, 3.63) is 59.2 Å². The summed E-state index contributed by atoms with van der Waals surface area (Å²) in [5, 5.41) is 0. The van der Waals surface area contributed by atoms with Crippen LogP contribution in [0.4, 0.5) is 0 Å². The van der Waals surface area contributed by atoms with Crippen LogP contribution in [0.5, 0.6) is 11.5 Å². The first-order valence-electron chi connectivity index (χ1n) is 6.79. The van der Waals surface area contributed by atoms with Crippen molar-refractivity contribution in [1.82, 2.24) is 0 Å². The Bertz CT molecular complexity index is 567. The molecule has 0 atom stereocenters. The Hall–Kier alpha value is -2.00. The van der Waals surface area contributed by atoms with Crippen molar-refractivity contribution in [2.24, 2.45) is 5.73 Å². The van der Waals surface area contributed by atoms with E-state index in [1.165, 1.54) is 5.56 Å². The molecule has 0 saturated heterocycles. The van der Waals surface area contributed by atoms with Crippen LogP contribution in [0.1, 0.15) is 16.7 Å². The molecular formula is C17H21NO2. The second-order valence-corrected chi connectivity index (χ2v) is 4.76. The molecule has 2 aromatic carbocycles. The summed E-state index contributed by atoms with van der Waals surface area (Å²) in [6, 6.07) is 14.2. The Morgan fingerprint density at radius 1 is 1.10 bits per heavy atom. The largest absolute Gasteiger partial charge is 0.493 e. The second-order valence-electron chi connectivity index (χ2n) is 4.76. The van der Waals surface area contributed by atoms with E-state index >= 15 is 0 Å². The summed E-state index contributed by atoms with van der Waals surface area (Å²) >= 11 is 0. The summed E-state index contributed by atoms with van der Waals surface area (Å²) < 4.78 is 11.4. The highest BCUT2D eigenvalue weighted by molar-refractivity contribution is 5.47. The number of methoxy groups -OCH3 is 1. The molecule has 0 heterocycles. The highest BCUT2D eigenvalue weighted by Gasteiger charge is 2.10. The van der Waals surface area contributed by atoms with Gasteiger partial charge in [0.05, 0.1) is 7.11 Å². The molecule has 0 fully saturated rings. The number of nitrogens with two attached hydrogens (primary N) is 1. The quantitative estimate of drug-likeness (QED) is 0.878. The molecule has 2 aromatic rings. The summed E-state index contributed by atoms with van der Waals surface area (Å²) in [6.07, 6.45) is 0.778. The third-order valence-corrected chi connectivity index (χ3v) is 3.16. The van der Waals surface area contributed by atoms with Crippen molar-refractivity contribution in [2.75, 3.05) is 13.7 Å². The van der Waals surface area contributed by atoms with Crippen molar-refractivity contribution in [2.45, 2.75) is 20.0 Å². The van der Waals surface area contributed by atoms with Crippen molar-refractivity contribution in [3.8, 4) is 11.5 Å². The van der Waals surface area contributed by atoms with Crippen LogP contribution in [0, 0.1) is 6.92 Å². The number of ether oxygens (including phenoxy) is 2. The second kappa shape index (κ2) is 6.96. The lowest BCUT2D eigenvalue weighted by Crippen LogP contribution is -2.06. The van der Waals surface area contributed by atoms with Crippen LogP contribution in [0.25, 0.3) is 0 Å². The zero-order valence-electron chi connectivity index (χ0n) is 12.1. The van der Waals surface area contributed by atoms with E-state index in [0.29, 0.717) is 13.2 Å². The molecule has 0 aliphatic heterocycles. The topological polar surface area (TPSA) is 44.5 Å². The predicted octanol–water partition coefficient (Wildman–Crippen LogP) is 3.08. The van der Waals surface area contributed by atoms with Gasteiger partial charge in [0.1, 0.15) is 6.61 Å². The van der Waals surface area contributed by atoms with Crippen LogP contribution >= 0.6 is 0 Å². The highest BCUT2D eigenvalue weighted by atomic mass is 16.5. The molecular weight excluding hydrogens is 250 g/mol. The molecule has 3 nitrogen and oxygen atoms in total. The molecule has 0 saturated carbocycles. The zero-order chi connectivity index (χ0) is 14.4. The molecule has 0 bridgehead atoms. The summed E-state index contributed by atoms with van der Waals surface area (Å²) in [5.74, 6) is 1.55. The normalized spacial score (nSPS) is 10.3. The van der Waals surface area contributed by atoms with Gasteiger partial charge in [0.2, 0.25) is 0 Å². The molecule has 0 spiro atoms. The van der Waals surface area contributed by atoms with Crippen LogP contribution in [-0.4, -0.2) is 13.7 Å². The Labute approximate surface area is 120 Å². The number of rotatable bonds is 6. The molecule has 0 aliphatic rings. The third kappa shape index (κ3) is 3.52. The number of benzene rings is 2. The summed E-state index contributed by atoms with van der Waals surface area (Å²) in [4.78, 5) is 0. The van der Waals surface area contributed by atoms with Gasteiger partial charge in [-0.05, 0) is 37.1 Å². The molecule has 0 unspecified atom stereocenters. The van der Waals surface area contributed by atoms with E-state index in [-0.39, 0.29) is 0 Å². The van der Waals surface area contributed by atoms with Gasteiger partial charge in [-0.25, -0.2) is 0 Å². The Balaban J connectivity index is 2.19. The SMILES string of the molecule is COc1cccc(CCN)c1OCc1cccc(C)c1. The van der Waals surface area contributed by atoms with E-state index in [2.05, 4.69) is 25.1 Å². The standard InChI is InChI=1S/C17H21NO2/c1-13-5-3-6-14(11-13)12-20-17-15(9-10-18)7-4-8-16(17)19-2/h3-8,11H,9-10,12,18H2,1-2H3. The van der Waals surface area contributed by atoms with E-state index in [1.807, 2.05) is 24.3 Å². The van der Waals surface area contributed by atoms with Gasteiger partial charge in [-0.15, -0.1) is 0 Å². The van der Waals surface area contributed by atoms with Crippen LogP contribution in [0.2, 0.25) is 0 Å². The van der Waals surface area contributed by atoms with E-state index in [4.69, 9.17) is 15.2 Å². The minimum atomic E-state index is 0.527.